The summed E-state index contributed by atoms with van der Waals surface area (Å²) in [5, 5.41) is 20.9. The van der Waals surface area contributed by atoms with Crippen molar-refractivity contribution >= 4 is 50.7 Å². The minimum atomic E-state index is -0.746. The number of likely N-dealkylation sites (tertiary alicyclic amines) is 1. The summed E-state index contributed by atoms with van der Waals surface area (Å²) in [5.41, 5.74) is 1.12. The second-order valence-electron chi connectivity index (χ2n) is 19.3. The van der Waals surface area contributed by atoms with Crippen molar-refractivity contribution in [3.63, 3.8) is 0 Å². The first-order chi connectivity index (χ1) is 31.4. The second-order valence-corrected chi connectivity index (χ2v) is 19.3. The number of pyridine rings is 1. The van der Waals surface area contributed by atoms with Crippen LogP contribution in [-0.2, 0) is 9.59 Å². The molecule has 336 valence electrons. The molecular weight excluding hydrogens is 836 g/mol. The number of imide groups is 1. The molecule has 5 aromatic rings. The number of carbonyl (C=O) groups excluding carboxylic acids is 2. The number of fused-ring (bicyclic) bond motifs is 4. The molecule has 1 spiro atoms. The number of aromatic nitrogens is 3. The number of aromatic hydroxyl groups is 1. The second kappa shape index (κ2) is 16.1. The van der Waals surface area contributed by atoms with Crippen LogP contribution in [0.3, 0.4) is 0 Å². The molecule has 1 saturated carbocycles. The summed E-state index contributed by atoms with van der Waals surface area (Å²) >= 11 is 0. The normalized spacial score (nSPS) is 23.6. The van der Waals surface area contributed by atoms with Crippen molar-refractivity contribution in [3.05, 3.63) is 71.7 Å². The lowest BCUT2D eigenvalue weighted by Gasteiger charge is -2.40. The number of amides is 2. The van der Waals surface area contributed by atoms with Crippen LogP contribution in [0.15, 0.2) is 48.7 Å². The number of nitrogens with zero attached hydrogens (tertiary/aromatic N) is 6. The van der Waals surface area contributed by atoms with Crippen LogP contribution in [0, 0.1) is 40.6 Å². The van der Waals surface area contributed by atoms with E-state index in [2.05, 4.69) is 41.6 Å². The van der Waals surface area contributed by atoms with E-state index in [0.717, 1.165) is 77.7 Å². The molecule has 2 bridgehead atoms. The molecule has 3 unspecified atom stereocenters. The average Bonchev–Trinajstić information content (AvgIpc) is 3.83. The van der Waals surface area contributed by atoms with E-state index >= 15 is 13.2 Å². The van der Waals surface area contributed by atoms with Gasteiger partial charge in [-0.1, -0.05) is 12.0 Å². The zero-order valence-electron chi connectivity index (χ0n) is 35.9. The van der Waals surface area contributed by atoms with Gasteiger partial charge in [0.15, 0.2) is 5.82 Å². The Kier molecular flexibility index (Phi) is 10.3. The average molecular weight is 886 g/mol. The van der Waals surface area contributed by atoms with Crippen molar-refractivity contribution in [1.29, 1.82) is 0 Å². The molecule has 5 saturated heterocycles. The number of terminal acetylenes is 1. The summed E-state index contributed by atoms with van der Waals surface area (Å²) in [4.78, 5) is 44.8. The fourth-order valence-electron chi connectivity index (χ4n) is 11.1. The fraction of sp³-hybridized carbons (Fsp3) is 0.449. The van der Waals surface area contributed by atoms with E-state index in [9.17, 15) is 14.7 Å². The molecule has 0 radical (unpaired) electrons. The van der Waals surface area contributed by atoms with Gasteiger partial charge < -0.3 is 35.2 Å². The lowest BCUT2D eigenvalue weighted by atomic mass is 9.77. The number of benzene rings is 3. The number of ether oxygens (including phenoxy) is 1. The highest BCUT2D eigenvalue weighted by molar-refractivity contribution is 6.03. The molecule has 1 aliphatic carbocycles. The van der Waals surface area contributed by atoms with E-state index in [1.807, 2.05) is 0 Å². The number of hydrogen-bond acceptors (Lipinski definition) is 12. The first-order valence-corrected chi connectivity index (χ1v) is 22.7. The molecular formula is C49H50F3N9O4. The van der Waals surface area contributed by atoms with Crippen LogP contribution in [-0.4, -0.2) is 107 Å². The highest BCUT2D eigenvalue weighted by atomic mass is 19.1. The molecule has 7 heterocycles. The number of anilines is 3. The molecule has 4 N–H and O–H groups in total. The highest BCUT2D eigenvalue weighted by Gasteiger charge is 2.49. The number of piperazine rings is 1. The number of piperidine rings is 2. The Morgan fingerprint density at radius 3 is 2.45 bits per heavy atom. The Hall–Kier alpha value is -6.18. The van der Waals surface area contributed by atoms with Crippen LogP contribution in [0.5, 0.6) is 11.8 Å². The maximum absolute atomic E-state index is 17.1. The Bertz CT molecular complexity index is 2790. The minimum Gasteiger partial charge on any atom is -0.508 e. The number of nitrogens with one attached hydrogen (secondary N) is 3. The number of rotatable bonds is 10. The molecule has 3 atom stereocenters. The third-order valence-electron chi connectivity index (χ3n) is 14.8. The topological polar surface area (TPSA) is 148 Å². The fourth-order valence-corrected chi connectivity index (χ4v) is 11.1. The Morgan fingerprint density at radius 1 is 0.923 bits per heavy atom. The quantitative estimate of drug-likeness (QED) is 0.0928. The molecule has 65 heavy (non-hydrogen) atoms. The van der Waals surface area contributed by atoms with Crippen LogP contribution in [0.1, 0.15) is 63.4 Å². The lowest BCUT2D eigenvalue weighted by Crippen LogP contribution is -2.51. The van der Waals surface area contributed by atoms with Crippen molar-refractivity contribution in [1.82, 2.24) is 30.5 Å². The third kappa shape index (κ3) is 7.82. The van der Waals surface area contributed by atoms with Gasteiger partial charge in [0, 0.05) is 86.0 Å². The molecule has 11 rings (SSSR count). The smallest absolute Gasteiger partial charge is 0.319 e. The van der Waals surface area contributed by atoms with E-state index in [-0.39, 0.29) is 80.5 Å². The maximum Gasteiger partial charge on any atom is 0.319 e. The molecule has 16 heteroatoms. The van der Waals surface area contributed by atoms with Crippen LogP contribution in [0.4, 0.5) is 30.4 Å². The summed E-state index contributed by atoms with van der Waals surface area (Å²) in [7, 11) is 0. The Labute approximate surface area is 374 Å². The summed E-state index contributed by atoms with van der Waals surface area (Å²) in [6, 6.07) is 10.6. The predicted octanol–water partition coefficient (Wildman–Crippen LogP) is 6.26. The van der Waals surface area contributed by atoms with Crippen LogP contribution in [0.25, 0.3) is 32.9 Å². The number of carbonyl (C=O) groups is 2. The van der Waals surface area contributed by atoms with Gasteiger partial charge in [-0.15, -0.1) is 6.42 Å². The van der Waals surface area contributed by atoms with Crippen molar-refractivity contribution in [2.75, 3.05) is 67.5 Å². The van der Waals surface area contributed by atoms with Crippen molar-refractivity contribution in [2.45, 2.75) is 75.9 Å². The monoisotopic (exact) mass is 885 g/mol. The highest BCUT2D eigenvalue weighted by Crippen LogP contribution is 2.50. The standard InChI is InChI=1S/C49H50F3N9O4/c1-2-33-36(50)7-3-28-19-32(62)21-34(41(28)33)43-42(52)44-35(22-53-43)45(61-23-30-4-5-31(24-61)54-30)58-47(57-44)65-27-49(11-12-49)26-59-16-13-48(25-59)14-17-60(18-15-48)39-9-6-29(20-37(39)51)55-38-8-10-40(63)56-46(38)64/h1,3,6-7,9,19-22,30-31,38,54-55,62H,4-5,8,10-18,23-27H2,(H,56,63,64). The molecule has 13 nitrogen and oxygen atoms in total. The van der Waals surface area contributed by atoms with Gasteiger partial charge in [-0.2, -0.15) is 9.97 Å². The van der Waals surface area contributed by atoms with Crippen LogP contribution in [0.2, 0.25) is 0 Å². The number of halogens is 3. The maximum atomic E-state index is 17.1. The Morgan fingerprint density at radius 2 is 1.71 bits per heavy atom. The zero-order chi connectivity index (χ0) is 44.6. The van der Waals surface area contributed by atoms with Gasteiger partial charge in [0.25, 0.3) is 0 Å². The molecule has 2 amide bonds. The number of phenolic OH excluding ortho intramolecular Hbond substituents is 1. The van der Waals surface area contributed by atoms with Crippen molar-refractivity contribution < 1.29 is 32.6 Å². The van der Waals surface area contributed by atoms with Crippen molar-refractivity contribution in [3.8, 4) is 35.4 Å². The zero-order valence-corrected chi connectivity index (χ0v) is 35.9. The summed E-state index contributed by atoms with van der Waals surface area (Å²) < 4.78 is 54.1. The van der Waals surface area contributed by atoms with E-state index in [1.165, 1.54) is 30.3 Å². The van der Waals surface area contributed by atoms with Gasteiger partial charge in [0.1, 0.15) is 40.5 Å². The SMILES string of the molecule is C#Cc1c(F)ccc2cc(O)cc(-c3ncc4c(N5CC6CCC(C5)N6)nc(OCC5(CN6CCC7(CCN(c8ccc(NC9CCC(=O)NC9=O)cc8F)CC7)C6)CC5)nc4c3F)c12. The van der Waals surface area contributed by atoms with E-state index in [0.29, 0.717) is 54.1 Å². The first-order valence-electron chi connectivity index (χ1n) is 22.7. The molecule has 2 aromatic heterocycles. The Balaban J connectivity index is 0.791. The summed E-state index contributed by atoms with van der Waals surface area (Å²) in [6.45, 7) is 6.02. The van der Waals surface area contributed by atoms with Gasteiger partial charge in [-0.25, -0.2) is 13.2 Å². The van der Waals surface area contributed by atoms with E-state index in [4.69, 9.17) is 21.1 Å². The largest absolute Gasteiger partial charge is 0.508 e. The lowest BCUT2D eigenvalue weighted by molar-refractivity contribution is -0.133. The molecule has 6 aliphatic rings. The minimum absolute atomic E-state index is 0.0217. The predicted molar refractivity (Wildman–Crippen MR) is 240 cm³/mol. The van der Waals surface area contributed by atoms with Crippen LogP contribution >= 0.6 is 0 Å². The van der Waals surface area contributed by atoms with Gasteiger partial charge in [-0.3, -0.25) is 19.9 Å². The van der Waals surface area contributed by atoms with Crippen LogP contribution < -0.4 is 30.5 Å². The number of hydrogen-bond donors (Lipinski definition) is 4. The van der Waals surface area contributed by atoms with Crippen molar-refractivity contribution in [2.24, 2.45) is 10.8 Å². The van der Waals surface area contributed by atoms with Gasteiger partial charge in [0.2, 0.25) is 11.8 Å². The molecule has 3 aromatic carbocycles. The molecule has 5 aliphatic heterocycles. The summed E-state index contributed by atoms with van der Waals surface area (Å²) in [6.07, 6.45) is 14.9. The summed E-state index contributed by atoms with van der Waals surface area (Å²) in [5.74, 6) is 0.402. The number of phenols is 1. The first kappa shape index (κ1) is 41.5. The van der Waals surface area contributed by atoms with E-state index in [1.54, 1.807) is 18.3 Å². The third-order valence-corrected chi connectivity index (χ3v) is 14.8. The molecule has 6 fully saturated rings. The van der Waals surface area contributed by atoms with Gasteiger partial charge in [0.05, 0.1) is 23.2 Å². The van der Waals surface area contributed by atoms with Gasteiger partial charge >= 0.3 is 6.01 Å². The van der Waals surface area contributed by atoms with Gasteiger partial charge in [-0.05, 0) is 105 Å². The van der Waals surface area contributed by atoms with E-state index < -0.39 is 23.6 Å².